The first-order valence-electron chi connectivity index (χ1n) is 9.72. The molecule has 0 saturated carbocycles. The van der Waals surface area contributed by atoms with Gasteiger partial charge in [-0.05, 0) is 76.3 Å². The number of benzene rings is 1. The zero-order chi connectivity index (χ0) is 21.9. The molecule has 29 heavy (non-hydrogen) atoms. The van der Waals surface area contributed by atoms with Crippen LogP contribution in [0.4, 0.5) is 0 Å². The van der Waals surface area contributed by atoms with Crippen molar-refractivity contribution in [2.45, 2.75) is 66.2 Å². The van der Waals surface area contributed by atoms with Gasteiger partial charge in [0, 0.05) is 30.8 Å². The molecule has 0 unspecified atom stereocenters. The van der Waals surface area contributed by atoms with Gasteiger partial charge >= 0.3 is 0 Å². The smallest absolute Gasteiger partial charge is 0.241 e. The molecule has 0 aliphatic rings. The van der Waals surface area contributed by atoms with E-state index >= 15 is 0 Å². The Morgan fingerprint density at radius 2 is 1.45 bits per heavy atom. The minimum absolute atomic E-state index is 0.0672. The second-order valence-corrected chi connectivity index (χ2v) is 10.4. The molecule has 0 fully saturated rings. The van der Waals surface area contributed by atoms with Crippen LogP contribution < -0.4 is 10.0 Å². The Morgan fingerprint density at radius 1 is 0.897 bits per heavy atom. The Labute approximate surface area is 178 Å². The van der Waals surface area contributed by atoms with E-state index in [4.69, 9.17) is 0 Å². The summed E-state index contributed by atoms with van der Waals surface area (Å²) in [4.78, 5) is 17.9. The number of rotatable bonds is 8. The number of hydrogen-bond donors (Lipinski definition) is 2. The Hall–Kier alpha value is -1.77. The van der Waals surface area contributed by atoms with Gasteiger partial charge in [-0.25, -0.2) is 18.1 Å². The Kier molecular flexibility index (Phi) is 7.59. The van der Waals surface area contributed by atoms with Crippen molar-refractivity contribution < 1.29 is 13.2 Å². The molecule has 160 valence electrons. The maximum absolute atomic E-state index is 12.9. The van der Waals surface area contributed by atoms with E-state index in [1.165, 1.54) is 4.88 Å². The van der Waals surface area contributed by atoms with Crippen LogP contribution in [0.1, 0.15) is 49.8 Å². The fourth-order valence-electron chi connectivity index (χ4n) is 3.45. The van der Waals surface area contributed by atoms with Crippen molar-refractivity contribution in [3.63, 3.8) is 0 Å². The highest BCUT2D eigenvalue weighted by molar-refractivity contribution is 7.89. The second kappa shape index (κ2) is 9.36. The third-order valence-corrected chi connectivity index (χ3v) is 8.38. The van der Waals surface area contributed by atoms with E-state index in [1.807, 2.05) is 48.5 Å². The Bertz CT molecular complexity index is 995. The number of hydrogen-bond acceptors (Lipinski definition) is 5. The van der Waals surface area contributed by atoms with Crippen LogP contribution >= 0.6 is 11.3 Å². The van der Waals surface area contributed by atoms with Crippen molar-refractivity contribution in [2.75, 3.05) is 13.1 Å². The SMILES string of the molecule is Cc1nc(C)c(CCNC(=O)CCNS(=O)(=O)c2c(C)c(C)c(C)c(C)c2C)s1. The van der Waals surface area contributed by atoms with Gasteiger partial charge in [0.05, 0.1) is 15.6 Å². The van der Waals surface area contributed by atoms with Crippen molar-refractivity contribution in [1.29, 1.82) is 0 Å². The number of aromatic nitrogens is 1. The van der Waals surface area contributed by atoms with E-state index in [2.05, 4.69) is 15.0 Å². The average molecular weight is 438 g/mol. The summed E-state index contributed by atoms with van der Waals surface area (Å²) in [6.07, 6.45) is 0.830. The molecule has 6 nitrogen and oxygen atoms in total. The van der Waals surface area contributed by atoms with Crippen LogP contribution in [0.5, 0.6) is 0 Å². The van der Waals surface area contributed by atoms with Gasteiger partial charge in [0.2, 0.25) is 15.9 Å². The summed E-state index contributed by atoms with van der Waals surface area (Å²) < 4.78 is 28.3. The maximum atomic E-state index is 12.9. The van der Waals surface area contributed by atoms with E-state index in [0.717, 1.165) is 44.9 Å². The monoisotopic (exact) mass is 437 g/mol. The second-order valence-electron chi connectivity index (χ2n) is 7.44. The minimum atomic E-state index is -3.68. The number of sulfonamides is 1. The fraction of sp³-hybridized carbons (Fsp3) is 0.524. The van der Waals surface area contributed by atoms with Gasteiger partial charge in [0.25, 0.3) is 0 Å². The van der Waals surface area contributed by atoms with E-state index in [0.29, 0.717) is 11.4 Å². The summed E-state index contributed by atoms with van der Waals surface area (Å²) in [5.41, 5.74) is 5.61. The maximum Gasteiger partial charge on any atom is 0.241 e. The van der Waals surface area contributed by atoms with E-state index in [9.17, 15) is 13.2 Å². The van der Waals surface area contributed by atoms with Crippen LogP contribution in [-0.4, -0.2) is 32.4 Å². The van der Waals surface area contributed by atoms with Gasteiger partial charge in [-0.15, -0.1) is 11.3 Å². The van der Waals surface area contributed by atoms with E-state index in [1.54, 1.807) is 11.3 Å². The standard InChI is InChI=1S/C21H31N3O3S2/c1-12-13(2)15(4)21(16(5)14(12)3)29(26,27)23-11-9-20(25)22-10-8-19-17(6)24-18(7)28-19/h23H,8-11H2,1-7H3,(H,22,25). The van der Waals surface area contributed by atoms with Crippen LogP contribution in [-0.2, 0) is 21.2 Å². The van der Waals surface area contributed by atoms with Crippen molar-refractivity contribution in [3.05, 3.63) is 43.4 Å². The highest BCUT2D eigenvalue weighted by atomic mass is 32.2. The molecule has 1 amide bonds. The number of nitrogens with one attached hydrogen (secondary N) is 2. The highest BCUT2D eigenvalue weighted by Gasteiger charge is 2.23. The lowest BCUT2D eigenvalue weighted by molar-refractivity contribution is -0.120. The molecule has 0 spiro atoms. The first-order valence-corrected chi connectivity index (χ1v) is 12.0. The normalized spacial score (nSPS) is 11.7. The van der Waals surface area contributed by atoms with Crippen LogP contribution in [0.15, 0.2) is 4.90 Å². The van der Waals surface area contributed by atoms with Crippen molar-refractivity contribution in [2.24, 2.45) is 0 Å². The summed E-state index contributed by atoms with van der Waals surface area (Å²) in [7, 11) is -3.68. The predicted molar refractivity (Wildman–Crippen MR) is 118 cm³/mol. The highest BCUT2D eigenvalue weighted by Crippen LogP contribution is 2.29. The van der Waals surface area contributed by atoms with Gasteiger partial charge in [-0.2, -0.15) is 0 Å². The molecule has 1 aromatic carbocycles. The third-order valence-electron chi connectivity index (χ3n) is 5.52. The minimum Gasteiger partial charge on any atom is -0.356 e. The number of aryl methyl sites for hydroxylation is 2. The molecule has 0 aliphatic heterocycles. The van der Waals surface area contributed by atoms with Crippen molar-refractivity contribution in [1.82, 2.24) is 15.0 Å². The number of carbonyl (C=O) groups excluding carboxylic acids is 1. The Balaban J connectivity index is 1.93. The predicted octanol–water partition coefficient (Wildman–Crippen LogP) is 3.33. The molecule has 0 bridgehead atoms. The lowest BCUT2D eigenvalue weighted by Crippen LogP contribution is -2.32. The summed E-state index contributed by atoms with van der Waals surface area (Å²) in [5.74, 6) is -0.170. The lowest BCUT2D eigenvalue weighted by Gasteiger charge is -2.19. The molecule has 2 rings (SSSR count). The largest absolute Gasteiger partial charge is 0.356 e. The van der Waals surface area contributed by atoms with Crippen LogP contribution in [0.3, 0.4) is 0 Å². The summed E-state index contributed by atoms with van der Waals surface area (Å²) >= 11 is 1.64. The first-order chi connectivity index (χ1) is 13.5. The molecule has 0 aliphatic carbocycles. The molecular weight excluding hydrogens is 406 g/mol. The lowest BCUT2D eigenvalue weighted by atomic mass is 9.95. The number of thiazole rings is 1. The van der Waals surface area contributed by atoms with Crippen LogP contribution in [0.2, 0.25) is 0 Å². The van der Waals surface area contributed by atoms with E-state index < -0.39 is 10.0 Å². The molecule has 0 atom stereocenters. The molecule has 1 aromatic heterocycles. The van der Waals surface area contributed by atoms with Crippen molar-refractivity contribution >= 4 is 27.3 Å². The molecule has 2 N–H and O–H groups in total. The first kappa shape index (κ1) is 23.5. The van der Waals surface area contributed by atoms with Crippen molar-refractivity contribution in [3.8, 4) is 0 Å². The van der Waals surface area contributed by atoms with Crippen LogP contribution in [0.25, 0.3) is 0 Å². The van der Waals surface area contributed by atoms with E-state index in [-0.39, 0.29) is 18.9 Å². The average Bonchev–Trinajstić information content (AvgIpc) is 2.95. The Morgan fingerprint density at radius 3 is 1.97 bits per heavy atom. The van der Waals surface area contributed by atoms with Crippen LogP contribution in [0, 0.1) is 48.5 Å². The number of carbonyl (C=O) groups is 1. The summed E-state index contributed by atoms with van der Waals surface area (Å²) in [5, 5.41) is 3.87. The fourth-order valence-corrected chi connectivity index (χ4v) is 6.01. The molecule has 0 saturated heterocycles. The van der Waals surface area contributed by atoms with Gasteiger partial charge in [-0.1, -0.05) is 0 Å². The van der Waals surface area contributed by atoms with Gasteiger partial charge in [-0.3, -0.25) is 4.79 Å². The molecule has 2 aromatic rings. The molecular formula is C21H31N3O3S2. The third kappa shape index (κ3) is 5.43. The molecule has 0 radical (unpaired) electrons. The molecule has 8 heteroatoms. The number of nitrogens with zero attached hydrogens (tertiary/aromatic N) is 1. The van der Waals surface area contributed by atoms with Gasteiger partial charge in [0.1, 0.15) is 0 Å². The van der Waals surface area contributed by atoms with Gasteiger partial charge < -0.3 is 5.32 Å². The zero-order valence-corrected chi connectivity index (χ0v) is 19.9. The zero-order valence-electron chi connectivity index (χ0n) is 18.3. The summed E-state index contributed by atoms with van der Waals surface area (Å²) in [6.45, 7) is 14.1. The topological polar surface area (TPSA) is 88.2 Å². The quantitative estimate of drug-likeness (QED) is 0.663. The number of amides is 1. The van der Waals surface area contributed by atoms with Gasteiger partial charge in [0.15, 0.2) is 0 Å². The summed E-state index contributed by atoms with van der Waals surface area (Å²) in [6, 6.07) is 0. The molecule has 1 heterocycles.